The Balaban J connectivity index is 1.30. The van der Waals surface area contributed by atoms with Crippen LogP contribution in [0.2, 0.25) is 0 Å². The van der Waals surface area contributed by atoms with Crippen LogP contribution in [0.4, 0.5) is 9.59 Å². The van der Waals surface area contributed by atoms with Crippen LogP contribution < -0.4 is 5.32 Å². The number of piperidine rings is 1. The molecule has 1 N–H and O–H groups in total. The molecule has 1 aromatic rings. The number of nitrogens with zero attached hydrogens (tertiary/aromatic N) is 2. The molecule has 2 unspecified atom stereocenters. The molecule has 3 aliphatic rings. The van der Waals surface area contributed by atoms with E-state index in [9.17, 15) is 14.4 Å². The quantitative estimate of drug-likeness (QED) is 0.868. The topological polar surface area (TPSA) is 79.0 Å². The highest BCUT2D eigenvalue weighted by atomic mass is 16.6. The first-order valence-electron chi connectivity index (χ1n) is 10.2. The van der Waals surface area contributed by atoms with E-state index in [1.54, 1.807) is 4.90 Å². The monoisotopic (exact) mass is 385 g/mol. The maximum absolute atomic E-state index is 12.9. The lowest BCUT2D eigenvalue weighted by Gasteiger charge is -2.44. The Hall–Kier alpha value is -2.57. The lowest BCUT2D eigenvalue weighted by molar-refractivity contribution is -0.139. The van der Waals surface area contributed by atoms with E-state index in [-0.39, 0.29) is 42.6 Å². The first-order valence-corrected chi connectivity index (χ1v) is 10.2. The van der Waals surface area contributed by atoms with Crippen LogP contribution in [0.3, 0.4) is 0 Å². The number of hydrogen-bond acceptors (Lipinski definition) is 4. The summed E-state index contributed by atoms with van der Waals surface area (Å²) >= 11 is 0. The van der Waals surface area contributed by atoms with Gasteiger partial charge >= 0.3 is 12.1 Å². The molecule has 2 saturated heterocycles. The van der Waals surface area contributed by atoms with Crippen LogP contribution in [0.5, 0.6) is 0 Å². The number of benzene rings is 1. The lowest BCUT2D eigenvalue weighted by atomic mass is 9.81. The fraction of sp³-hybridized carbons (Fsp3) is 0.571. The smallest absolute Gasteiger partial charge is 0.410 e. The summed E-state index contributed by atoms with van der Waals surface area (Å²) in [4.78, 5) is 40.8. The molecular weight excluding hydrogens is 358 g/mol. The Labute approximate surface area is 165 Å². The molecule has 0 bridgehead atoms. The first-order chi connectivity index (χ1) is 13.6. The standard InChI is InChI=1S/C21H27N3O4/c25-19-17-8-4-5-9-18(17)22-20(26)24(19)16-10-12-23(13-11-16)21(27)28-14-15-6-2-1-3-7-15/h1-3,6-7,16-18H,4-5,8-14H2,(H,22,26). The average molecular weight is 385 g/mol. The number of rotatable bonds is 3. The van der Waals surface area contributed by atoms with Crippen molar-refractivity contribution >= 4 is 18.0 Å². The number of carbonyl (C=O) groups excluding carboxylic acids is 3. The largest absolute Gasteiger partial charge is 0.445 e. The molecule has 0 spiro atoms. The van der Waals surface area contributed by atoms with E-state index < -0.39 is 0 Å². The predicted molar refractivity (Wildman–Crippen MR) is 102 cm³/mol. The molecule has 7 heteroatoms. The van der Waals surface area contributed by atoms with Crippen molar-refractivity contribution in [3.63, 3.8) is 0 Å². The fourth-order valence-electron chi connectivity index (χ4n) is 4.57. The summed E-state index contributed by atoms with van der Waals surface area (Å²) in [7, 11) is 0. The van der Waals surface area contributed by atoms with E-state index in [2.05, 4.69) is 5.32 Å². The second-order valence-corrected chi connectivity index (χ2v) is 7.91. The molecule has 0 aromatic heterocycles. The fourth-order valence-corrected chi connectivity index (χ4v) is 4.57. The van der Waals surface area contributed by atoms with Crippen molar-refractivity contribution in [3.8, 4) is 0 Å². The van der Waals surface area contributed by atoms with Gasteiger partial charge in [0.25, 0.3) is 0 Å². The zero-order chi connectivity index (χ0) is 19.5. The summed E-state index contributed by atoms with van der Waals surface area (Å²) in [6.45, 7) is 1.22. The number of imide groups is 1. The van der Waals surface area contributed by atoms with Gasteiger partial charge in [0.1, 0.15) is 6.61 Å². The summed E-state index contributed by atoms with van der Waals surface area (Å²) in [5.41, 5.74) is 0.948. The summed E-state index contributed by atoms with van der Waals surface area (Å²) in [6.07, 6.45) is 4.70. The molecule has 1 saturated carbocycles. The average Bonchev–Trinajstić information content (AvgIpc) is 2.73. The van der Waals surface area contributed by atoms with E-state index >= 15 is 0 Å². The minimum atomic E-state index is -0.343. The van der Waals surface area contributed by atoms with Crippen molar-refractivity contribution in [1.82, 2.24) is 15.1 Å². The highest BCUT2D eigenvalue weighted by Crippen LogP contribution is 2.31. The number of likely N-dealkylation sites (tertiary alicyclic amines) is 1. The number of ether oxygens (including phenoxy) is 1. The Kier molecular flexibility index (Phi) is 5.50. The first kappa shape index (κ1) is 18.8. The Bertz CT molecular complexity index is 730. The van der Waals surface area contributed by atoms with Gasteiger partial charge in [-0.2, -0.15) is 0 Å². The second kappa shape index (κ2) is 8.20. The van der Waals surface area contributed by atoms with Crippen LogP contribution in [0, 0.1) is 5.92 Å². The summed E-state index contributed by atoms with van der Waals surface area (Å²) in [5.74, 6) is -0.112. The number of nitrogens with one attached hydrogen (secondary N) is 1. The number of amides is 4. The van der Waals surface area contributed by atoms with E-state index in [1.165, 1.54) is 4.90 Å². The van der Waals surface area contributed by atoms with E-state index in [4.69, 9.17) is 4.74 Å². The third kappa shape index (κ3) is 3.84. The van der Waals surface area contributed by atoms with Gasteiger partial charge in [-0.25, -0.2) is 9.59 Å². The zero-order valence-electron chi connectivity index (χ0n) is 16.0. The maximum Gasteiger partial charge on any atom is 0.410 e. The molecule has 1 aliphatic carbocycles. The molecule has 0 radical (unpaired) electrons. The Morgan fingerprint density at radius 2 is 1.75 bits per heavy atom. The number of hydrogen-bond donors (Lipinski definition) is 1. The zero-order valence-corrected chi connectivity index (χ0v) is 16.0. The molecule has 7 nitrogen and oxygen atoms in total. The van der Waals surface area contributed by atoms with Crippen molar-refractivity contribution in [2.24, 2.45) is 5.92 Å². The Morgan fingerprint density at radius 1 is 1.04 bits per heavy atom. The number of fused-ring (bicyclic) bond motifs is 1. The normalized spacial score (nSPS) is 25.9. The molecule has 2 atom stereocenters. The number of urea groups is 1. The summed E-state index contributed by atoms with van der Waals surface area (Å²) < 4.78 is 5.39. The predicted octanol–water partition coefficient (Wildman–Crippen LogP) is 2.90. The second-order valence-electron chi connectivity index (χ2n) is 7.91. The van der Waals surface area contributed by atoms with Crippen LogP contribution in [0.15, 0.2) is 30.3 Å². The van der Waals surface area contributed by atoms with Crippen molar-refractivity contribution < 1.29 is 19.1 Å². The molecule has 3 fully saturated rings. The van der Waals surface area contributed by atoms with Gasteiger partial charge in [0.05, 0.1) is 5.92 Å². The van der Waals surface area contributed by atoms with Crippen molar-refractivity contribution in [2.45, 2.75) is 57.2 Å². The van der Waals surface area contributed by atoms with Crippen LogP contribution >= 0.6 is 0 Å². The van der Waals surface area contributed by atoms with Gasteiger partial charge in [-0.15, -0.1) is 0 Å². The van der Waals surface area contributed by atoms with Crippen LogP contribution in [-0.2, 0) is 16.1 Å². The summed E-state index contributed by atoms with van der Waals surface area (Å²) in [5, 5.41) is 3.03. The van der Waals surface area contributed by atoms with Crippen molar-refractivity contribution in [2.75, 3.05) is 13.1 Å². The van der Waals surface area contributed by atoms with E-state index in [1.807, 2.05) is 30.3 Å². The third-order valence-electron chi connectivity index (χ3n) is 6.14. The van der Waals surface area contributed by atoms with Crippen molar-refractivity contribution in [3.05, 3.63) is 35.9 Å². The van der Waals surface area contributed by atoms with Crippen LogP contribution in [0.1, 0.15) is 44.1 Å². The minimum Gasteiger partial charge on any atom is -0.445 e. The van der Waals surface area contributed by atoms with Crippen LogP contribution in [0.25, 0.3) is 0 Å². The highest BCUT2D eigenvalue weighted by molar-refractivity contribution is 5.99. The maximum atomic E-state index is 12.9. The van der Waals surface area contributed by atoms with Gasteiger partial charge in [-0.1, -0.05) is 43.2 Å². The Morgan fingerprint density at radius 3 is 2.50 bits per heavy atom. The highest BCUT2D eigenvalue weighted by Gasteiger charge is 2.45. The summed E-state index contributed by atoms with van der Waals surface area (Å²) in [6, 6.07) is 9.16. The molecule has 4 amide bonds. The van der Waals surface area contributed by atoms with Crippen LogP contribution in [-0.4, -0.2) is 53.0 Å². The molecule has 28 heavy (non-hydrogen) atoms. The molecule has 1 aromatic carbocycles. The van der Waals surface area contributed by atoms with E-state index in [0.717, 1.165) is 31.2 Å². The van der Waals surface area contributed by atoms with E-state index in [0.29, 0.717) is 25.9 Å². The van der Waals surface area contributed by atoms with Gasteiger partial charge in [0.15, 0.2) is 0 Å². The SMILES string of the molecule is O=C(OCc1ccccc1)N1CCC(N2C(=O)NC3CCCCC3C2=O)CC1. The number of carbonyl (C=O) groups is 3. The molecule has 150 valence electrons. The lowest BCUT2D eigenvalue weighted by Crippen LogP contribution is -2.64. The van der Waals surface area contributed by atoms with Gasteiger partial charge in [0, 0.05) is 25.2 Å². The molecular formula is C21H27N3O4. The van der Waals surface area contributed by atoms with Gasteiger partial charge in [0.2, 0.25) is 5.91 Å². The molecule has 4 rings (SSSR count). The van der Waals surface area contributed by atoms with Gasteiger partial charge in [-0.05, 0) is 31.2 Å². The third-order valence-corrected chi connectivity index (χ3v) is 6.14. The van der Waals surface area contributed by atoms with Gasteiger partial charge < -0.3 is 15.0 Å². The van der Waals surface area contributed by atoms with Crippen molar-refractivity contribution in [1.29, 1.82) is 0 Å². The molecule has 2 heterocycles. The minimum absolute atomic E-state index is 0.00180. The molecule has 2 aliphatic heterocycles. The van der Waals surface area contributed by atoms with Gasteiger partial charge in [-0.3, -0.25) is 9.69 Å².